The zero-order valence-corrected chi connectivity index (χ0v) is 16.6. The van der Waals surface area contributed by atoms with Crippen LogP contribution in [-0.4, -0.2) is 17.2 Å². The Kier molecular flexibility index (Phi) is 6.52. The molecule has 0 saturated heterocycles. The molecule has 3 aromatic rings. The fourth-order valence-corrected chi connectivity index (χ4v) is 3.07. The fourth-order valence-electron chi connectivity index (χ4n) is 3.07. The normalized spacial score (nSPS) is 11.7. The third-order valence-corrected chi connectivity index (χ3v) is 4.51. The summed E-state index contributed by atoms with van der Waals surface area (Å²) in [5.74, 6) is 0.748. The number of ether oxygens (including phenoxy) is 2. The number of benzene rings is 3. The van der Waals surface area contributed by atoms with Gasteiger partial charge in [-0.25, -0.2) is 4.79 Å². The Morgan fingerprint density at radius 3 is 2.45 bits per heavy atom. The highest BCUT2D eigenvalue weighted by Gasteiger charge is 2.17. The highest BCUT2D eigenvalue weighted by Crippen LogP contribution is 2.31. The molecule has 1 unspecified atom stereocenters. The molecule has 0 aliphatic heterocycles. The minimum Gasteiger partial charge on any atom is -0.479 e. The molecule has 0 spiro atoms. The Labute approximate surface area is 170 Å². The lowest BCUT2D eigenvalue weighted by atomic mass is 10.0. The molecule has 0 aliphatic rings. The van der Waals surface area contributed by atoms with E-state index in [0.29, 0.717) is 30.2 Å². The molecule has 5 nitrogen and oxygen atoms in total. The number of nitrogens with two attached hydrogens (primary N) is 1. The molecule has 3 rings (SSSR count). The first-order chi connectivity index (χ1) is 14.0. The summed E-state index contributed by atoms with van der Waals surface area (Å²) in [7, 11) is 0. The Morgan fingerprint density at radius 2 is 1.72 bits per heavy atom. The maximum absolute atomic E-state index is 11.2. The van der Waals surface area contributed by atoms with Crippen molar-refractivity contribution in [2.75, 3.05) is 0 Å². The SMILES string of the molecule is CCC(Oc1cccc(Oc2cc(C)cc(-c3cccc(CN)c3)c2)c1)C(=O)O. The van der Waals surface area contributed by atoms with Gasteiger partial charge in [0, 0.05) is 12.6 Å². The third kappa shape index (κ3) is 5.36. The van der Waals surface area contributed by atoms with Crippen LogP contribution in [0.2, 0.25) is 0 Å². The molecule has 5 heteroatoms. The lowest BCUT2D eigenvalue weighted by Gasteiger charge is -2.14. The van der Waals surface area contributed by atoms with Crippen molar-refractivity contribution < 1.29 is 19.4 Å². The van der Waals surface area contributed by atoms with E-state index in [0.717, 1.165) is 22.3 Å². The Hall–Kier alpha value is -3.31. The summed E-state index contributed by atoms with van der Waals surface area (Å²) in [5, 5.41) is 9.18. The van der Waals surface area contributed by atoms with Crippen LogP contribution in [0, 0.1) is 6.92 Å². The first-order valence-corrected chi connectivity index (χ1v) is 9.57. The summed E-state index contributed by atoms with van der Waals surface area (Å²) in [5.41, 5.74) is 10.0. The van der Waals surface area contributed by atoms with E-state index in [-0.39, 0.29) is 0 Å². The van der Waals surface area contributed by atoms with Crippen molar-refractivity contribution >= 4 is 5.97 Å². The summed E-state index contributed by atoms with van der Waals surface area (Å²) in [6.07, 6.45) is -0.505. The van der Waals surface area contributed by atoms with Gasteiger partial charge in [0.25, 0.3) is 0 Å². The zero-order chi connectivity index (χ0) is 20.8. The van der Waals surface area contributed by atoms with Gasteiger partial charge < -0.3 is 20.3 Å². The van der Waals surface area contributed by atoms with Gasteiger partial charge in [-0.2, -0.15) is 0 Å². The highest BCUT2D eigenvalue weighted by atomic mass is 16.5. The van der Waals surface area contributed by atoms with Gasteiger partial charge in [0.2, 0.25) is 0 Å². The number of rotatable bonds is 8. The molecule has 0 aliphatic carbocycles. The number of hydrogen-bond donors (Lipinski definition) is 2. The smallest absolute Gasteiger partial charge is 0.344 e. The van der Waals surface area contributed by atoms with Gasteiger partial charge in [-0.1, -0.05) is 37.3 Å². The molecule has 0 heterocycles. The molecule has 0 amide bonds. The lowest BCUT2D eigenvalue weighted by molar-refractivity contribution is -0.145. The number of aliphatic carboxylic acids is 1. The van der Waals surface area contributed by atoms with Crippen molar-refractivity contribution in [1.29, 1.82) is 0 Å². The van der Waals surface area contributed by atoms with Crippen molar-refractivity contribution in [2.45, 2.75) is 32.9 Å². The second-order valence-electron chi connectivity index (χ2n) is 6.87. The number of hydrogen-bond acceptors (Lipinski definition) is 4. The molecule has 0 fully saturated rings. The Bertz CT molecular complexity index is 1000. The van der Waals surface area contributed by atoms with Crippen LogP contribution in [0.4, 0.5) is 0 Å². The molecular formula is C24H25NO4. The van der Waals surface area contributed by atoms with E-state index in [9.17, 15) is 9.90 Å². The third-order valence-electron chi connectivity index (χ3n) is 4.51. The van der Waals surface area contributed by atoms with Gasteiger partial charge in [0.15, 0.2) is 6.10 Å². The molecule has 150 valence electrons. The molecule has 0 saturated carbocycles. The molecule has 0 bridgehead atoms. The highest BCUT2D eigenvalue weighted by molar-refractivity contribution is 5.72. The van der Waals surface area contributed by atoms with E-state index in [4.69, 9.17) is 15.2 Å². The molecule has 0 aromatic heterocycles. The molecule has 3 aromatic carbocycles. The predicted octanol–water partition coefficient (Wildman–Crippen LogP) is 5.16. The standard InChI is InChI=1S/C24H25NO4/c1-3-23(24(26)27)29-21-9-5-8-20(14-21)28-22-11-16(2)10-19(13-22)18-7-4-6-17(12-18)15-25/h4-14,23H,3,15,25H2,1-2H3,(H,26,27). The second-order valence-corrected chi connectivity index (χ2v) is 6.87. The quantitative estimate of drug-likeness (QED) is 0.555. The van der Waals surface area contributed by atoms with Crippen molar-refractivity contribution in [1.82, 2.24) is 0 Å². The summed E-state index contributed by atoms with van der Waals surface area (Å²) < 4.78 is 11.6. The van der Waals surface area contributed by atoms with Crippen molar-refractivity contribution in [3.05, 3.63) is 77.9 Å². The van der Waals surface area contributed by atoms with Crippen LogP contribution in [0.5, 0.6) is 17.2 Å². The monoisotopic (exact) mass is 391 g/mol. The van der Waals surface area contributed by atoms with Crippen LogP contribution in [-0.2, 0) is 11.3 Å². The maximum atomic E-state index is 11.2. The van der Waals surface area contributed by atoms with E-state index < -0.39 is 12.1 Å². The summed E-state index contributed by atoms with van der Waals surface area (Å²) in [6, 6.07) is 21.1. The Balaban J connectivity index is 1.84. The van der Waals surface area contributed by atoms with Crippen LogP contribution < -0.4 is 15.2 Å². The Morgan fingerprint density at radius 1 is 0.966 bits per heavy atom. The average molecular weight is 391 g/mol. The van der Waals surface area contributed by atoms with E-state index in [1.807, 2.05) is 43.3 Å². The van der Waals surface area contributed by atoms with Gasteiger partial charge in [-0.3, -0.25) is 0 Å². The minimum atomic E-state index is -0.984. The van der Waals surface area contributed by atoms with Crippen LogP contribution >= 0.6 is 0 Å². The number of carbonyl (C=O) groups is 1. The molecule has 3 N–H and O–H groups in total. The van der Waals surface area contributed by atoms with Crippen molar-refractivity contribution in [3.63, 3.8) is 0 Å². The minimum absolute atomic E-state index is 0.378. The van der Waals surface area contributed by atoms with Crippen LogP contribution in [0.1, 0.15) is 24.5 Å². The van der Waals surface area contributed by atoms with Gasteiger partial charge in [0.1, 0.15) is 17.2 Å². The maximum Gasteiger partial charge on any atom is 0.344 e. The molecular weight excluding hydrogens is 366 g/mol. The largest absolute Gasteiger partial charge is 0.479 e. The fraction of sp³-hybridized carbons (Fsp3) is 0.208. The first kappa shape index (κ1) is 20.4. The van der Waals surface area contributed by atoms with Crippen LogP contribution in [0.25, 0.3) is 11.1 Å². The molecule has 0 radical (unpaired) electrons. The van der Waals surface area contributed by atoms with Crippen LogP contribution in [0.15, 0.2) is 66.7 Å². The van der Waals surface area contributed by atoms with Crippen LogP contribution in [0.3, 0.4) is 0 Å². The van der Waals surface area contributed by atoms with Crippen molar-refractivity contribution in [3.8, 4) is 28.4 Å². The lowest BCUT2D eigenvalue weighted by Crippen LogP contribution is -2.25. The van der Waals surface area contributed by atoms with E-state index in [1.165, 1.54) is 0 Å². The summed E-state index contributed by atoms with van der Waals surface area (Å²) in [6.45, 7) is 4.28. The van der Waals surface area contributed by atoms with Crippen molar-refractivity contribution in [2.24, 2.45) is 5.73 Å². The van der Waals surface area contributed by atoms with Gasteiger partial charge in [0.05, 0.1) is 0 Å². The topological polar surface area (TPSA) is 81.8 Å². The number of aryl methyl sites for hydroxylation is 1. The van der Waals surface area contributed by atoms with Gasteiger partial charge in [-0.05, 0) is 65.9 Å². The predicted molar refractivity (Wildman–Crippen MR) is 113 cm³/mol. The van der Waals surface area contributed by atoms with E-state index in [2.05, 4.69) is 12.1 Å². The second kappa shape index (κ2) is 9.26. The van der Waals surface area contributed by atoms with Gasteiger partial charge in [-0.15, -0.1) is 0 Å². The summed E-state index contributed by atoms with van der Waals surface area (Å²) >= 11 is 0. The average Bonchev–Trinajstić information content (AvgIpc) is 2.71. The van der Waals surface area contributed by atoms with Gasteiger partial charge >= 0.3 is 5.97 Å². The summed E-state index contributed by atoms with van der Waals surface area (Å²) in [4.78, 5) is 11.2. The zero-order valence-electron chi connectivity index (χ0n) is 16.6. The van der Waals surface area contributed by atoms with E-state index in [1.54, 1.807) is 25.1 Å². The van der Waals surface area contributed by atoms with E-state index >= 15 is 0 Å². The number of carboxylic acid groups (broad SMARTS) is 1. The molecule has 29 heavy (non-hydrogen) atoms. The first-order valence-electron chi connectivity index (χ1n) is 9.57. The number of carboxylic acids is 1. The molecule has 1 atom stereocenters.